The Bertz CT molecular complexity index is 814. The number of carboxylic acids is 1. The standard InChI is InChI=1S/C22H26O5S/c1-3-5-19-20(11-10-18(15(2)23)22(19)26)27-12-4-13-28-17-8-6-16(7-9-17)14-21(24)25/h6-11,26H,3-5,12-14H2,1-2H3,(H,24,25). The summed E-state index contributed by atoms with van der Waals surface area (Å²) in [5.41, 5.74) is 1.81. The Morgan fingerprint density at radius 3 is 2.43 bits per heavy atom. The van der Waals surface area contributed by atoms with Gasteiger partial charge >= 0.3 is 5.97 Å². The van der Waals surface area contributed by atoms with Gasteiger partial charge in [-0.2, -0.15) is 0 Å². The van der Waals surface area contributed by atoms with Crippen LogP contribution >= 0.6 is 11.8 Å². The van der Waals surface area contributed by atoms with Gasteiger partial charge in [-0.05, 0) is 49.6 Å². The molecule has 0 fully saturated rings. The van der Waals surface area contributed by atoms with E-state index in [9.17, 15) is 14.7 Å². The molecule has 2 N–H and O–H groups in total. The van der Waals surface area contributed by atoms with Crippen molar-refractivity contribution in [1.29, 1.82) is 0 Å². The van der Waals surface area contributed by atoms with Crippen LogP contribution in [0.1, 0.15) is 48.2 Å². The van der Waals surface area contributed by atoms with Crippen LogP contribution in [0.3, 0.4) is 0 Å². The smallest absolute Gasteiger partial charge is 0.307 e. The van der Waals surface area contributed by atoms with E-state index in [4.69, 9.17) is 9.84 Å². The fraction of sp³-hybridized carbons (Fsp3) is 0.364. The van der Waals surface area contributed by atoms with Gasteiger partial charge in [-0.3, -0.25) is 9.59 Å². The number of thioether (sulfide) groups is 1. The van der Waals surface area contributed by atoms with Crippen molar-refractivity contribution in [2.45, 2.75) is 44.4 Å². The molecule has 2 aromatic carbocycles. The van der Waals surface area contributed by atoms with Crippen molar-refractivity contribution in [3.63, 3.8) is 0 Å². The highest BCUT2D eigenvalue weighted by molar-refractivity contribution is 7.99. The third kappa shape index (κ3) is 6.30. The number of aliphatic carboxylic acids is 1. The van der Waals surface area contributed by atoms with E-state index >= 15 is 0 Å². The van der Waals surface area contributed by atoms with Gasteiger partial charge in [0.15, 0.2) is 5.78 Å². The molecule has 0 saturated heterocycles. The van der Waals surface area contributed by atoms with Gasteiger partial charge in [-0.1, -0.05) is 25.5 Å². The Morgan fingerprint density at radius 2 is 1.82 bits per heavy atom. The number of rotatable bonds is 11. The predicted octanol–water partition coefficient (Wildman–Crippen LogP) is 4.74. The highest BCUT2D eigenvalue weighted by Gasteiger charge is 2.15. The zero-order valence-electron chi connectivity index (χ0n) is 16.2. The first-order valence-electron chi connectivity index (χ1n) is 9.34. The fourth-order valence-electron chi connectivity index (χ4n) is 2.84. The maximum atomic E-state index is 11.6. The molecule has 28 heavy (non-hydrogen) atoms. The maximum absolute atomic E-state index is 11.6. The van der Waals surface area contributed by atoms with Crippen LogP contribution in [0, 0.1) is 0 Å². The normalized spacial score (nSPS) is 10.6. The number of phenolic OH excluding ortho intramolecular Hbond substituents is 1. The minimum Gasteiger partial charge on any atom is -0.507 e. The molecule has 0 bridgehead atoms. The average molecular weight is 403 g/mol. The molecule has 0 saturated carbocycles. The number of aromatic hydroxyl groups is 1. The zero-order valence-corrected chi connectivity index (χ0v) is 17.1. The molecular formula is C22H26O5S. The van der Waals surface area contributed by atoms with E-state index in [1.54, 1.807) is 23.9 Å². The van der Waals surface area contributed by atoms with Crippen molar-refractivity contribution >= 4 is 23.5 Å². The van der Waals surface area contributed by atoms with Gasteiger partial charge < -0.3 is 14.9 Å². The average Bonchev–Trinajstić information content (AvgIpc) is 2.64. The number of hydrogen-bond donors (Lipinski definition) is 2. The second kappa shape index (κ2) is 10.8. The Kier molecular flexibility index (Phi) is 8.39. The number of carboxylic acid groups (broad SMARTS) is 1. The lowest BCUT2D eigenvalue weighted by Gasteiger charge is -2.14. The van der Waals surface area contributed by atoms with Crippen LogP contribution in [-0.2, 0) is 17.6 Å². The van der Waals surface area contributed by atoms with Crippen LogP contribution in [0.2, 0.25) is 0 Å². The summed E-state index contributed by atoms with van der Waals surface area (Å²) < 4.78 is 5.86. The monoisotopic (exact) mass is 402 g/mol. The Balaban J connectivity index is 1.85. The summed E-state index contributed by atoms with van der Waals surface area (Å²) in [7, 11) is 0. The molecule has 0 unspecified atom stereocenters. The van der Waals surface area contributed by atoms with E-state index in [1.165, 1.54) is 6.92 Å². The molecule has 0 aliphatic carbocycles. The predicted molar refractivity (Wildman–Crippen MR) is 111 cm³/mol. The van der Waals surface area contributed by atoms with Gasteiger partial charge in [0.1, 0.15) is 11.5 Å². The fourth-order valence-corrected chi connectivity index (χ4v) is 3.66. The summed E-state index contributed by atoms with van der Waals surface area (Å²) in [6, 6.07) is 10.9. The molecule has 6 heteroatoms. The molecule has 5 nitrogen and oxygen atoms in total. The van der Waals surface area contributed by atoms with Crippen molar-refractivity contribution in [3.05, 3.63) is 53.1 Å². The molecule has 0 heterocycles. The van der Waals surface area contributed by atoms with E-state index < -0.39 is 5.97 Å². The molecular weight excluding hydrogens is 376 g/mol. The Morgan fingerprint density at radius 1 is 1.11 bits per heavy atom. The number of phenols is 1. The number of Topliss-reactive ketones (excluding diaryl/α,β-unsaturated/α-hetero) is 1. The van der Waals surface area contributed by atoms with Crippen LogP contribution in [0.25, 0.3) is 0 Å². The Labute approximate surface area is 169 Å². The molecule has 2 rings (SSSR count). The lowest BCUT2D eigenvalue weighted by Crippen LogP contribution is -2.04. The molecule has 0 radical (unpaired) electrons. The minimum atomic E-state index is -0.831. The molecule has 0 aromatic heterocycles. The quantitative estimate of drug-likeness (QED) is 0.321. The van der Waals surface area contributed by atoms with Crippen LogP contribution in [0.15, 0.2) is 41.3 Å². The minimum absolute atomic E-state index is 0.0303. The molecule has 0 spiro atoms. The van der Waals surface area contributed by atoms with Crippen molar-refractivity contribution in [2.75, 3.05) is 12.4 Å². The van der Waals surface area contributed by atoms with E-state index in [0.717, 1.165) is 29.1 Å². The van der Waals surface area contributed by atoms with Gasteiger partial charge in [0.2, 0.25) is 0 Å². The van der Waals surface area contributed by atoms with Gasteiger partial charge in [-0.15, -0.1) is 11.8 Å². The molecule has 0 aliphatic rings. The van der Waals surface area contributed by atoms with Crippen molar-refractivity contribution in [1.82, 2.24) is 0 Å². The van der Waals surface area contributed by atoms with E-state index in [0.29, 0.717) is 29.9 Å². The van der Waals surface area contributed by atoms with Crippen LogP contribution in [0.5, 0.6) is 11.5 Å². The third-order valence-corrected chi connectivity index (χ3v) is 5.31. The van der Waals surface area contributed by atoms with E-state index in [-0.39, 0.29) is 18.0 Å². The highest BCUT2D eigenvalue weighted by Crippen LogP contribution is 2.33. The van der Waals surface area contributed by atoms with Crippen molar-refractivity contribution in [3.8, 4) is 11.5 Å². The van der Waals surface area contributed by atoms with Gasteiger partial charge in [0, 0.05) is 16.2 Å². The first kappa shape index (κ1) is 21.8. The summed E-state index contributed by atoms with van der Waals surface area (Å²) in [5, 5.41) is 19.1. The lowest BCUT2D eigenvalue weighted by molar-refractivity contribution is -0.136. The second-order valence-electron chi connectivity index (χ2n) is 6.51. The zero-order chi connectivity index (χ0) is 20.5. The summed E-state index contributed by atoms with van der Waals surface area (Å²) in [6.07, 6.45) is 2.36. The number of hydrogen-bond acceptors (Lipinski definition) is 5. The maximum Gasteiger partial charge on any atom is 0.307 e. The van der Waals surface area contributed by atoms with Gasteiger partial charge in [0.25, 0.3) is 0 Å². The molecule has 0 amide bonds. The van der Waals surface area contributed by atoms with E-state index in [2.05, 4.69) is 0 Å². The largest absolute Gasteiger partial charge is 0.507 e. The highest BCUT2D eigenvalue weighted by atomic mass is 32.2. The number of benzene rings is 2. The first-order valence-corrected chi connectivity index (χ1v) is 10.3. The first-order chi connectivity index (χ1) is 13.4. The van der Waals surface area contributed by atoms with Gasteiger partial charge in [0.05, 0.1) is 18.6 Å². The molecule has 0 atom stereocenters. The summed E-state index contributed by atoms with van der Waals surface area (Å²) in [4.78, 5) is 23.4. The van der Waals surface area contributed by atoms with Crippen molar-refractivity contribution < 1.29 is 24.5 Å². The summed E-state index contributed by atoms with van der Waals surface area (Å²) >= 11 is 1.69. The summed E-state index contributed by atoms with van der Waals surface area (Å²) in [6.45, 7) is 3.97. The Hall–Kier alpha value is -2.47. The molecule has 2 aromatic rings. The SMILES string of the molecule is CCCc1c(OCCCSc2ccc(CC(=O)O)cc2)ccc(C(C)=O)c1O. The van der Waals surface area contributed by atoms with Crippen LogP contribution in [0.4, 0.5) is 0 Å². The molecule has 0 aliphatic heterocycles. The number of ketones is 1. The lowest BCUT2D eigenvalue weighted by atomic mass is 10.0. The van der Waals surface area contributed by atoms with Crippen LogP contribution in [-0.4, -0.2) is 34.3 Å². The second-order valence-corrected chi connectivity index (χ2v) is 7.68. The van der Waals surface area contributed by atoms with Gasteiger partial charge in [-0.25, -0.2) is 0 Å². The topological polar surface area (TPSA) is 83.8 Å². The number of carbonyl (C=O) groups is 2. The third-order valence-electron chi connectivity index (χ3n) is 4.21. The van der Waals surface area contributed by atoms with Crippen molar-refractivity contribution in [2.24, 2.45) is 0 Å². The van der Waals surface area contributed by atoms with E-state index in [1.807, 2.05) is 31.2 Å². The number of ether oxygens (including phenoxy) is 1. The van der Waals surface area contributed by atoms with Crippen LogP contribution < -0.4 is 4.74 Å². The summed E-state index contributed by atoms with van der Waals surface area (Å²) in [5.74, 6) is 0.531. The molecule has 150 valence electrons. The number of carbonyl (C=O) groups excluding carboxylic acids is 1.